The Bertz CT molecular complexity index is 382. The van der Waals surface area contributed by atoms with Crippen LogP contribution in [0.4, 0.5) is 0 Å². The average Bonchev–Trinajstić information content (AvgIpc) is 2.15. The van der Waals surface area contributed by atoms with Crippen molar-refractivity contribution in [2.45, 2.75) is 6.92 Å². The molecule has 1 aromatic carbocycles. The lowest BCUT2D eigenvalue weighted by Gasteiger charge is -1.96. The number of ketones is 1. The van der Waals surface area contributed by atoms with Crippen molar-refractivity contribution >= 4 is 11.5 Å². The van der Waals surface area contributed by atoms with Gasteiger partial charge in [0.1, 0.15) is 0 Å². The summed E-state index contributed by atoms with van der Waals surface area (Å²) >= 11 is 0. The Morgan fingerprint density at radius 3 is 2.36 bits per heavy atom. The van der Waals surface area contributed by atoms with E-state index in [1.807, 2.05) is 0 Å². The Kier molecular flexibility index (Phi) is 3.12. The Labute approximate surface area is 81.0 Å². The highest BCUT2D eigenvalue weighted by Crippen LogP contribution is 2.13. The van der Waals surface area contributed by atoms with Crippen LogP contribution in [0.3, 0.4) is 0 Å². The quantitative estimate of drug-likeness (QED) is 0.416. The third-order valence-electron chi connectivity index (χ3n) is 1.61. The van der Waals surface area contributed by atoms with Gasteiger partial charge in [0.15, 0.2) is 5.78 Å². The van der Waals surface area contributed by atoms with Crippen LogP contribution < -0.4 is 0 Å². The first kappa shape index (κ1) is 10.1. The lowest BCUT2D eigenvalue weighted by atomic mass is 10.1. The van der Waals surface area contributed by atoms with Gasteiger partial charge in [-0.2, -0.15) is 0 Å². The second kappa shape index (κ2) is 4.32. The van der Waals surface area contributed by atoms with Crippen molar-refractivity contribution in [1.82, 2.24) is 0 Å². The van der Waals surface area contributed by atoms with Crippen molar-refractivity contribution in [2.75, 3.05) is 0 Å². The molecule has 0 atom stereocenters. The third kappa shape index (κ3) is 2.52. The van der Waals surface area contributed by atoms with Crippen molar-refractivity contribution < 1.29 is 9.72 Å². The fourth-order valence-electron chi connectivity index (χ4n) is 1.04. The minimum Gasteiger partial charge on any atom is -0.295 e. The van der Waals surface area contributed by atoms with Gasteiger partial charge in [-0.05, 0) is 19.1 Å². The highest BCUT2D eigenvalue weighted by molar-refractivity contribution is 5.93. The fourth-order valence-corrected chi connectivity index (χ4v) is 1.04. The predicted octanol–water partition coefficient (Wildman–Crippen LogP) is 1.89. The molecule has 0 aliphatic carbocycles. The van der Waals surface area contributed by atoms with Gasteiger partial charge in [0.25, 0.3) is 5.70 Å². The molecule has 0 aliphatic rings. The van der Waals surface area contributed by atoms with Crippen molar-refractivity contribution in [3.63, 3.8) is 0 Å². The highest BCUT2D eigenvalue weighted by Gasteiger charge is 2.13. The highest BCUT2D eigenvalue weighted by atomic mass is 16.6. The molecule has 0 spiro atoms. The Morgan fingerprint density at radius 2 is 1.93 bits per heavy atom. The van der Waals surface area contributed by atoms with E-state index in [0.717, 1.165) is 6.08 Å². The SMILES string of the molecule is CC(=O)/C=C(/c1ccccc1)[N+](=O)[O-]. The summed E-state index contributed by atoms with van der Waals surface area (Å²) in [7, 11) is 0. The van der Waals surface area contributed by atoms with E-state index < -0.39 is 4.92 Å². The first-order valence-electron chi connectivity index (χ1n) is 4.03. The maximum atomic E-state index is 10.8. The molecular weight excluding hydrogens is 182 g/mol. The zero-order valence-electron chi connectivity index (χ0n) is 7.64. The molecule has 0 fully saturated rings. The molecule has 14 heavy (non-hydrogen) atoms. The minimum atomic E-state index is -0.559. The van der Waals surface area contributed by atoms with Crippen LogP contribution in [0.5, 0.6) is 0 Å². The van der Waals surface area contributed by atoms with Gasteiger partial charge >= 0.3 is 0 Å². The normalized spacial score (nSPS) is 11.1. The monoisotopic (exact) mass is 191 g/mol. The van der Waals surface area contributed by atoms with E-state index in [4.69, 9.17) is 0 Å². The molecule has 4 nitrogen and oxygen atoms in total. The molecule has 0 aliphatic heterocycles. The summed E-state index contributed by atoms with van der Waals surface area (Å²) in [6, 6.07) is 8.32. The van der Waals surface area contributed by atoms with Gasteiger partial charge in [-0.3, -0.25) is 14.9 Å². The van der Waals surface area contributed by atoms with Gasteiger partial charge in [-0.1, -0.05) is 18.2 Å². The maximum absolute atomic E-state index is 10.8. The van der Waals surface area contributed by atoms with Gasteiger partial charge in [0.2, 0.25) is 0 Å². The second-order valence-corrected chi connectivity index (χ2v) is 2.76. The molecule has 1 aromatic rings. The first-order chi connectivity index (χ1) is 6.61. The molecule has 0 bridgehead atoms. The van der Waals surface area contributed by atoms with Crippen molar-refractivity contribution in [2.24, 2.45) is 0 Å². The van der Waals surface area contributed by atoms with Gasteiger partial charge < -0.3 is 0 Å². The molecule has 4 heteroatoms. The molecule has 0 amide bonds. The molecule has 0 saturated carbocycles. The van der Waals surface area contributed by atoms with E-state index in [1.54, 1.807) is 30.3 Å². The van der Waals surface area contributed by atoms with Crippen LogP contribution in [-0.2, 0) is 4.79 Å². The third-order valence-corrected chi connectivity index (χ3v) is 1.61. The topological polar surface area (TPSA) is 60.2 Å². The average molecular weight is 191 g/mol. The molecule has 0 saturated heterocycles. The fraction of sp³-hybridized carbons (Fsp3) is 0.100. The summed E-state index contributed by atoms with van der Waals surface area (Å²) in [6.45, 7) is 1.28. The molecule has 0 unspecified atom stereocenters. The molecular formula is C10H9NO3. The number of rotatable bonds is 3. The summed E-state index contributed by atoms with van der Waals surface area (Å²) < 4.78 is 0. The zero-order valence-corrected chi connectivity index (χ0v) is 7.64. The molecule has 0 radical (unpaired) electrons. The number of hydrogen-bond acceptors (Lipinski definition) is 3. The first-order valence-corrected chi connectivity index (χ1v) is 4.03. The van der Waals surface area contributed by atoms with Gasteiger partial charge in [0, 0.05) is 0 Å². The van der Waals surface area contributed by atoms with Crippen LogP contribution >= 0.6 is 0 Å². The summed E-state index contributed by atoms with van der Waals surface area (Å²) in [6.07, 6.45) is 1.02. The van der Waals surface area contributed by atoms with E-state index in [1.165, 1.54) is 6.92 Å². The van der Waals surface area contributed by atoms with Crippen LogP contribution in [-0.4, -0.2) is 10.7 Å². The number of nitrogens with zero attached hydrogens (tertiary/aromatic N) is 1. The van der Waals surface area contributed by atoms with Gasteiger partial charge in [-0.15, -0.1) is 0 Å². The zero-order chi connectivity index (χ0) is 10.6. The van der Waals surface area contributed by atoms with Gasteiger partial charge in [0.05, 0.1) is 16.6 Å². The number of carbonyl (C=O) groups is 1. The van der Waals surface area contributed by atoms with E-state index in [-0.39, 0.29) is 11.5 Å². The standard InChI is InChI=1S/C10H9NO3/c1-8(12)7-10(11(13)14)9-5-3-2-4-6-9/h2-7H,1H3/b10-7-. The van der Waals surface area contributed by atoms with Crippen LogP contribution in [0.2, 0.25) is 0 Å². The van der Waals surface area contributed by atoms with Gasteiger partial charge in [-0.25, -0.2) is 0 Å². The molecule has 0 aromatic heterocycles. The Balaban J connectivity index is 3.14. The minimum absolute atomic E-state index is 0.168. The Hall–Kier alpha value is -1.97. The number of hydrogen-bond donors (Lipinski definition) is 0. The lowest BCUT2D eigenvalue weighted by Crippen LogP contribution is -2.00. The number of allylic oxidation sites excluding steroid dienone is 1. The second-order valence-electron chi connectivity index (χ2n) is 2.76. The number of benzene rings is 1. The van der Waals surface area contributed by atoms with Crippen LogP contribution in [0.1, 0.15) is 12.5 Å². The van der Waals surface area contributed by atoms with Crippen LogP contribution in [0.25, 0.3) is 5.70 Å². The molecule has 0 heterocycles. The summed E-state index contributed by atoms with van der Waals surface area (Å²) in [4.78, 5) is 20.8. The van der Waals surface area contributed by atoms with E-state index in [9.17, 15) is 14.9 Å². The van der Waals surface area contributed by atoms with Crippen molar-refractivity contribution in [3.8, 4) is 0 Å². The Morgan fingerprint density at radius 1 is 1.36 bits per heavy atom. The molecule has 72 valence electrons. The number of carbonyl (C=O) groups excluding carboxylic acids is 1. The van der Waals surface area contributed by atoms with Crippen molar-refractivity contribution in [1.29, 1.82) is 0 Å². The van der Waals surface area contributed by atoms with Crippen molar-refractivity contribution in [3.05, 3.63) is 52.1 Å². The maximum Gasteiger partial charge on any atom is 0.280 e. The van der Waals surface area contributed by atoms with Crippen LogP contribution in [0, 0.1) is 10.1 Å². The van der Waals surface area contributed by atoms with E-state index in [0.29, 0.717) is 5.56 Å². The number of nitro groups is 1. The molecule has 1 rings (SSSR count). The summed E-state index contributed by atoms with van der Waals surface area (Å²) in [5, 5.41) is 10.6. The smallest absolute Gasteiger partial charge is 0.280 e. The van der Waals surface area contributed by atoms with E-state index >= 15 is 0 Å². The predicted molar refractivity (Wildman–Crippen MR) is 52.1 cm³/mol. The molecule has 0 N–H and O–H groups in total. The van der Waals surface area contributed by atoms with Crippen LogP contribution in [0.15, 0.2) is 36.4 Å². The summed E-state index contributed by atoms with van der Waals surface area (Å²) in [5.74, 6) is -0.333. The summed E-state index contributed by atoms with van der Waals surface area (Å²) in [5.41, 5.74) is 0.269. The largest absolute Gasteiger partial charge is 0.295 e. The lowest BCUT2D eigenvalue weighted by molar-refractivity contribution is -0.375. The van der Waals surface area contributed by atoms with E-state index in [2.05, 4.69) is 0 Å².